The molecule has 66 heavy (non-hydrogen) atoms. The zero-order valence-electron chi connectivity index (χ0n) is 34.8. The van der Waals surface area contributed by atoms with Crippen LogP contribution in [-0.4, -0.2) is 47.3 Å². The number of anilines is 4. The van der Waals surface area contributed by atoms with Crippen molar-refractivity contribution in [2.75, 3.05) is 21.3 Å². The second kappa shape index (κ2) is 23.0. The quantitative estimate of drug-likeness (QED) is 0.0430. The summed E-state index contributed by atoms with van der Waals surface area (Å²) in [6.45, 7) is 5.96. The largest absolute Gasteiger partial charge is 0.323 e. The smallest absolute Gasteiger partial charge is 0.258 e. The van der Waals surface area contributed by atoms with Crippen LogP contribution in [0.2, 0.25) is 40.2 Å². The second-order valence-corrected chi connectivity index (χ2v) is 17.1. The van der Waals surface area contributed by atoms with E-state index < -0.39 is 47.3 Å². The first-order valence-electron chi connectivity index (χ1n) is 19.3. The molecule has 0 aliphatic rings. The molecule has 5 aromatic carbocycles. The maximum atomic E-state index is 13.6. The lowest BCUT2D eigenvalue weighted by Gasteiger charge is -2.20. The maximum Gasteiger partial charge on any atom is 0.258 e. The number of Topliss-reactive ketones (excluding diaryl/α,β-unsaturated/α-hetero) is 2. The van der Waals surface area contributed by atoms with Gasteiger partial charge in [0.2, 0.25) is 12.1 Å². The third-order valence-electron chi connectivity index (χ3n) is 9.41. The summed E-state index contributed by atoms with van der Waals surface area (Å²) in [6.07, 6.45) is 0.723. The summed E-state index contributed by atoms with van der Waals surface area (Å²) in [7, 11) is 0. The zero-order chi connectivity index (χ0) is 48.6. The first-order chi connectivity index (χ1) is 31.2. The van der Waals surface area contributed by atoms with Crippen LogP contribution in [0.15, 0.2) is 93.3 Å². The van der Waals surface area contributed by atoms with E-state index in [4.69, 9.17) is 92.8 Å². The van der Waals surface area contributed by atoms with Gasteiger partial charge in [-0.15, -0.1) is 0 Å². The van der Waals surface area contributed by atoms with Crippen molar-refractivity contribution in [1.29, 1.82) is 0 Å². The number of amides is 4. The average molecular weight is 1050 g/mol. The molecule has 0 fully saturated rings. The van der Waals surface area contributed by atoms with E-state index in [1.54, 1.807) is 0 Å². The normalized spacial score (nSPS) is 12.2. The SMILES string of the molecule is CCc1c(NC(=O)C(N=Nc2cccc(C(=O)Nc3cc(Cl)cc(Cl)c3Cl)c2Cl)C(C)=O)ccc(NC(=O)C(N=Nc2cccc(C(=O)Nc3cc(Cl)cc(Cl)c3Cl)c2Cl)C(C)=O)c1CC. The second-order valence-electron chi connectivity index (χ2n) is 13.9. The molecule has 0 bridgehead atoms. The molecule has 4 N–H and O–H groups in total. The van der Waals surface area contributed by atoms with Crippen LogP contribution < -0.4 is 21.3 Å². The molecule has 0 aliphatic heterocycles. The number of benzene rings is 5. The maximum absolute atomic E-state index is 13.6. The summed E-state index contributed by atoms with van der Waals surface area (Å²) in [5.74, 6) is -4.32. The number of rotatable bonds is 16. The Morgan fingerprint density at radius 2 is 0.848 bits per heavy atom. The summed E-state index contributed by atoms with van der Waals surface area (Å²) in [4.78, 5) is 79.1. The minimum absolute atomic E-state index is 0.0181. The molecular formula is C44H34Cl8N8O6. The van der Waals surface area contributed by atoms with E-state index in [1.165, 1.54) is 72.8 Å². The lowest BCUT2D eigenvalue weighted by Crippen LogP contribution is -2.33. The zero-order valence-corrected chi connectivity index (χ0v) is 40.8. The number of nitrogens with zero attached hydrogens (tertiary/aromatic N) is 4. The molecule has 14 nitrogen and oxygen atoms in total. The number of ketones is 2. The summed E-state index contributed by atoms with van der Waals surface area (Å²) < 4.78 is 0. The van der Waals surface area contributed by atoms with Gasteiger partial charge in [0, 0.05) is 21.4 Å². The Morgan fingerprint density at radius 3 is 1.18 bits per heavy atom. The molecule has 0 heterocycles. The monoisotopic (exact) mass is 1050 g/mol. The van der Waals surface area contributed by atoms with Gasteiger partial charge in [-0.3, -0.25) is 28.8 Å². The highest BCUT2D eigenvalue weighted by Crippen LogP contribution is 2.37. The number of halogens is 8. The fourth-order valence-corrected chi connectivity index (χ4v) is 8.03. The van der Waals surface area contributed by atoms with Crippen molar-refractivity contribution in [3.05, 3.63) is 135 Å². The van der Waals surface area contributed by atoms with Gasteiger partial charge in [-0.05, 0) is 98.5 Å². The number of azo groups is 2. The molecule has 5 aromatic rings. The topological polar surface area (TPSA) is 200 Å². The van der Waals surface area contributed by atoms with Crippen molar-refractivity contribution < 1.29 is 28.8 Å². The highest BCUT2D eigenvalue weighted by atomic mass is 35.5. The molecule has 0 spiro atoms. The Bertz CT molecular complexity index is 2670. The number of hydrogen-bond acceptors (Lipinski definition) is 10. The van der Waals surface area contributed by atoms with Gasteiger partial charge in [-0.25, -0.2) is 0 Å². The molecule has 2 atom stereocenters. The molecule has 0 aromatic heterocycles. The van der Waals surface area contributed by atoms with Gasteiger partial charge in [0.25, 0.3) is 23.6 Å². The molecule has 0 aliphatic carbocycles. The van der Waals surface area contributed by atoms with Gasteiger partial charge in [0.05, 0.1) is 52.6 Å². The average Bonchev–Trinajstić information content (AvgIpc) is 3.25. The summed E-state index contributed by atoms with van der Waals surface area (Å²) >= 11 is 49.8. The predicted octanol–water partition coefficient (Wildman–Crippen LogP) is 13.9. The highest BCUT2D eigenvalue weighted by Gasteiger charge is 2.28. The molecule has 5 rings (SSSR count). The molecule has 22 heteroatoms. The first-order valence-corrected chi connectivity index (χ1v) is 22.4. The molecule has 0 radical (unpaired) electrons. The number of hydrogen-bond donors (Lipinski definition) is 4. The molecule has 2 unspecified atom stereocenters. The van der Waals surface area contributed by atoms with Crippen molar-refractivity contribution in [2.45, 2.75) is 52.6 Å². The van der Waals surface area contributed by atoms with Crippen LogP contribution in [0.4, 0.5) is 34.1 Å². The van der Waals surface area contributed by atoms with Gasteiger partial charge >= 0.3 is 0 Å². The molecule has 0 saturated carbocycles. The van der Waals surface area contributed by atoms with Crippen LogP contribution in [0.5, 0.6) is 0 Å². The summed E-state index contributed by atoms with van der Waals surface area (Å²) in [6, 6.07) is 14.0. The van der Waals surface area contributed by atoms with E-state index in [-0.39, 0.29) is 74.1 Å². The fourth-order valence-electron chi connectivity index (χ4n) is 6.23. The van der Waals surface area contributed by atoms with E-state index >= 15 is 0 Å². The standard InChI is InChI=1S/C44H34Cl8N8O6/c1-5-23-24(6-2)30(54-44(66)40(20(4)62)60-58-32-12-8-10-26(36(32)50)42(64)56-34-18-22(46)16-28(48)38(34)52)14-13-29(23)53-43(65)39(19(3)61)59-57-31-11-7-9-25(35(31)49)41(63)55-33-17-21(45)15-27(47)37(33)51/h7-18,39-40H,5-6H2,1-4H3,(H,53,65)(H,54,66)(H,55,63)(H,56,64). The Morgan fingerprint density at radius 1 is 0.485 bits per heavy atom. The van der Waals surface area contributed by atoms with E-state index in [0.29, 0.717) is 35.3 Å². The summed E-state index contributed by atoms with van der Waals surface area (Å²) in [5, 5.41) is 27.2. The van der Waals surface area contributed by atoms with Crippen LogP contribution in [0.25, 0.3) is 0 Å². The fraction of sp³-hybridized carbons (Fsp3) is 0.182. The molecule has 0 saturated heterocycles. The number of carbonyl (C=O) groups excluding carboxylic acids is 6. The van der Waals surface area contributed by atoms with Crippen molar-refractivity contribution in [2.24, 2.45) is 20.5 Å². The number of nitrogens with one attached hydrogen (secondary N) is 4. The van der Waals surface area contributed by atoms with E-state index in [1.807, 2.05) is 13.8 Å². The molecule has 342 valence electrons. The van der Waals surface area contributed by atoms with Crippen LogP contribution in [0.3, 0.4) is 0 Å². The molecular weight excluding hydrogens is 1020 g/mol. The minimum Gasteiger partial charge on any atom is -0.323 e. The van der Waals surface area contributed by atoms with E-state index in [0.717, 1.165) is 13.8 Å². The van der Waals surface area contributed by atoms with Gasteiger partial charge < -0.3 is 21.3 Å². The lowest BCUT2D eigenvalue weighted by molar-refractivity contribution is -0.127. The van der Waals surface area contributed by atoms with Gasteiger partial charge in [0.15, 0.2) is 11.6 Å². The predicted molar refractivity (Wildman–Crippen MR) is 262 cm³/mol. The van der Waals surface area contributed by atoms with Gasteiger partial charge in [0.1, 0.15) is 11.4 Å². The third-order valence-corrected chi connectivity index (χ3v) is 12.2. The summed E-state index contributed by atoms with van der Waals surface area (Å²) in [5.41, 5.74) is 2.02. The third kappa shape index (κ3) is 12.4. The van der Waals surface area contributed by atoms with E-state index in [9.17, 15) is 28.8 Å². The Balaban J connectivity index is 1.32. The van der Waals surface area contributed by atoms with Crippen LogP contribution >= 0.6 is 92.8 Å². The van der Waals surface area contributed by atoms with Crippen LogP contribution in [-0.2, 0) is 32.0 Å². The minimum atomic E-state index is -1.63. The van der Waals surface area contributed by atoms with E-state index in [2.05, 4.69) is 41.7 Å². The van der Waals surface area contributed by atoms with Crippen molar-refractivity contribution in [1.82, 2.24) is 0 Å². The van der Waals surface area contributed by atoms with Crippen LogP contribution in [0.1, 0.15) is 59.5 Å². The highest BCUT2D eigenvalue weighted by molar-refractivity contribution is 6.46. The first kappa shape index (κ1) is 51.8. The van der Waals surface area contributed by atoms with Crippen LogP contribution in [0, 0.1) is 0 Å². The van der Waals surface area contributed by atoms with Crippen molar-refractivity contribution in [3.8, 4) is 0 Å². The van der Waals surface area contributed by atoms with Gasteiger partial charge in [-0.2, -0.15) is 20.5 Å². The van der Waals surface area contributed by atoms with Gasteiger partial charge in [-0.1, -0.05) is 119 Å². The molecule has 4 amide bonds. The van der Waals surface area contributed by atoms with Crippen molar-refractivity contribution in [3.63, 3.8) is 0 Å². The Labute approximate surface area is 417 Å². The van der Waals surface area contributed by atoms with Crippen molar-refractivity contribution >= 4 is 162 Å². The Hall–Kier alpha value is -5.16. The lowest BCUT2D eigenvalue weighted by atomic mass is 9.98. The number of carbonyl (C=O) groups is 6. The Kier molecular flexibility index (Phi) is 18.1.